The number of aryl methyl sites for hydroxylation is 1. The SMILES string of the molecule is CCC(CO)(CNC(=O)OC(C)(C)C)Cc1nnn(C)n1. The number of rotatable bonds is 6. The largest absolute Gasteiger partial charge is 0.444 e. The molecule has 0 saturated heterocycles. The van der Waals surface area contributed by atoms with Crippen LogP contribution in [0.15, 0.2) is 0 Å². The summed E-state index contributed by atoms with van der Waals surface area (Å²) in [7, 11) is 1.68. The molecule has 0 bridgehead atoms. The number of aliphatic hydroxyl groups is 1. The number of amides is 1. The molecule has 8 nitrogen and oxygen atoms in total. The molecule has 1 aromatic heterocycles. The maximum Gasteiger partial charge on any atom is 0.407 e. The van der Waals surface area contributed by atoms with Crippen molar-refractivity contribution >= 4 is 6.09 Å². The highest BCUT2D eigenvalue weighted by Gasteiger charge is 2.31. The quantitative estimate of drug-likeness (QED) is 0.800. The van der Waals surface area contributed by atoms with Crippen LogP contribution in [0, 0.1) is 5.41 Å². The highest BCUT2D eigenvalue weighted by Crippen LogP contribution is 2.24. The van der Waals surface area contributed by atoms with E-state index >= 15 is 0 Å². The van der Waals surface area contributed by atoms with E-state index in [0.29, 0.717) is 18.7 Å². The number of aliphatic hydroxyl groups excluding tert-OH is 1. The summed E-state index contributed by atoms with van der Waals surface area (Å²) in [6.07, 6.45) is 0.599. The van der Waals surface area contributed by atoms with Gasteiger partial charge >= 0.3 is 6.09 Å². The molecule has 0 fully saturated rings. The van der Waals surface area contributed by atoms with Gasteiger partial charge in [0, 0.05) is 18.4 Å². The fraction of sp³-hybridized carbons (Fsp3) is 0.846. The predicted molar refractivity (Wildman–Crippen MR) is 76.5 cm³/mol. The van der Waals surface area contributed by atoms with Gasteiger partial charge in [0.1, 0.15) is 5.60 Å². The van der Waals surface area contributed by atoms with E-state index in [1.165, 1.54) is 4.80 Å². The van der Waals surface area contributed by atoms with E-state index < -0.39 is 17.1 Å². The van der Waals surface area contributed by atoms with Gasteiger partial charge in [0.25, 0.3) is 0 Å². The Bertz CT molecular complexity index is 463. The maximum atomic E-state index is 11.7. The third kappa shape index (κ3) is 5.66. The molecule has 0 spiro atoms. The fourth-order valence-electron chi connectivity index (χ4n) is 1.84. The van der Waals surface area contributed by atoms with Crippen LogP contribution in [-0.4, -0.2) is 50.2 Å². The Kier molecular flexibility index (Phi) is 5.65. The summed E-state index contributed by atoms with van der Waals surface area (Å²) in [6, 6.07) is 0. The Morgan fingerprint density at radius 3 is 2.52 bits per heavy atom. The number of nitrogens with zero attached hydrogens (tertiary/aromatic N) is 4. The molecule has 0 aliphatic heterocycles. The maximum absolute atomic E-state index is 11.7. The van der Waals surface area contributed by atoms with Crippen molar-refractivity contribution in [2.75, 3.05) is 13.2 Å². The molecular formula is C13H25N5O3. The van der Waals surface area contributed by atoms with Gasteiger partial charge in [0.05, 0.1) is 13.7 Å². The van der Waals surface area contributed by atoms with Gasteiger partial charge in [0.2, 0.25) is 0 Å². The van der Waals surface area contributed by atoms with Crippen LogP contribution in [0.3, 0.4) is 0 Å². The number of alkyl carbamates (subject to hydrolysis) is 1. The predicted octanol–water partition coefficient (Wildman–Crippen LogP) is 0.666. The molecule has 120 valence electrons. The van der Waals surface area contributed by atoms with Crippen molar-refractivity contribution in [3.05, 3.63) is 5.82 Å². The second-order valence-corrected chi connectivity index (χ2v) is 6.24. The smallest absolute Gasteiger partial charge is 0.407 e. The van der Waals surface area contributed by atoms with Gasteiger partial charge in [-0.1, -0.05) is 6.92 Å². The van der Waals surface area contributed by atoms with E-state index in [4.69, 9.17) is 4.74 Å². The summed E-state index contributed by atoms with van der Waals surface area (Å²) in [4.78, 5) is 13.1. The summed E-state index contributed by atoms with van der Waals surface area (Å²) < 4.78 is 5.20. The zero-order valence-electron chi connectivity index (χ0n) is 13.4. The highest BCUT2D eigenvalue weighted by molar-refractivity contribution is 5.67. The van der Waals surface area contributed by atoms with Crippen LogP contribution in [0.1, 0.15) is 39.9 Å². The van der Waals surface area contributed by atoms with E-state index in [1.54, 1.807) is 27.8 Å². The first-order valence-corrected chi connectivity index (χ1v) is 7.00. The summed E-state index contributed by atoms with van der Waals surface area (Å²) in [5, 5.41) is 24.2. The number of carbonyl (C=O) groups is 1. The Morgan fingerprint density at radius 1 is 1.43 bits per heavy atom. The lowest BCUT2D eigenvalue weighted by Gasteiger charge is -2.30. The Balaban J connectivity index is 2.65. The molecule has 8 heteroatoms. The van der Waals surface area contributed by atoms with Crippen molar-refractivity contribution in [1.29, 1.82) is 0 Å². The molecule has 2 N–H and O–H groups in total. The van der Waals surface area contributed by atoms with E-state index in [0.717, 1.165) is 0 Å². The third-order valence-electron chi connectivity index (χ3n) is 3.17. The van der Waals surface area contributed by atoms with E-state index in [2.05, 4.69) is 20.7 Å². The second kappa shape index (κ2) is 6.84. The standard InChI is InChI=1S/C13H25N5O3/c1-6-13(9-19,7-10-15-17-18(5)16-10)8-14-11(20)21-12(2,3)4/h19H,6-9H2,1-5H3,(H,14,20). The van der Waals surface area contributed by atoms with Crippen molar-refractivity contribution in [1.82, 2.24) is 25.5 Å². The molecule has 1 rings (SSSR count). The number of tetrazole rings is 1. The van der Waals surface area contributed by atoms with Crippen LogP contribution in [0.25, 0.3) is 0 Å². The first-order valence-electron chi connectivity index (χ1n) is 7.00. The number of aromatic nitrogens is 4. The minimum absolute atomic E-state index is 0.0858. The molecule has 1 atom stereocenters. The number of carbonyl (C=O) groups excluding carboxylic acids is 1. The molecule has 0 aliphatic rings. The molecule has 0 saturated carbocycles. The third-order valence-corrected chi connectivity index (χ3v) is 3.17. The summed E-state index contributed by atoms with van der Waals surface area (Å²) in [5.74, 6) is 0.541. The van der Waals surface area contributed by atoms with E-state index in [9.17, 15) is 9.90 Å². The average molecular weight is 299 g/mol. The molecule has 1 unspecified atom stereocenters. The summed E-state index contributed by atoms with van der Waals surface area (Å²) >= 11 is 0. The van der Waals surface area contributed by atoms with Crippen LogP contribution in [-0.2, 0) is 18.2 Å². The number of hydrogen-bond acceptors (Lipinski definition) is 6. The van der Waals surface area contributed by atoms with Gasteiger partial charge in [-0.25, -0.2) is 4.79 Å². The fourth-order valence-corrected chi connectivity index (χ4v) is 1.84. The zero-order chi connectivity index (χ0) is 16.1. The van der Waals surface area contributed by atoms with Gasteiger partial charge in [-0.2, -0.15) is 4.80 Å². The monoisotopic (exact) mass is 299 g/mol. The topological polar surface area (TPSA) is 102 Å². The van der Waals surface area contributed by atoms with Gasteiger partial charge in [-0.15, -0.1) is 10.2 Å². The first kappa shape index (κ1) is 17.4. The summed E-state index contributed by atoms with van der Waals surface area (Å²) in [6.45, 7) is 7.55. The second-order valence-electron chi connectivity index (χ2n) is 6.24. The lowest BCUT2D eigenvalue weighted by atomic mass is 9.82. The molecule has 1 amide bonds. The first-order chi connectivity index (χ1) is 9.69. The summed E-state index contributed by atoms with van der Waals surface area (Å²) in [5.41, 5.74) is -1.08. The van der Waals surface area contributed by atoms with Crippen LogP contribution in [0.4, 0.5) is 4.79 Å². The molecule has 0 radical (unpaired) electrons. The lowest BCUT2D eigenvalue weighted by molar-refractivity contribution is 0.0459. The van der Waals surface area contributed by atoms with Crippen LogP contribution < -0.4 is 5.32 Å². The molecular weight excluding hydrogens is 274 g/mol. The Labute approximate surface area is 124 Å². The van der Waals surface area contributed by atoms with Gasteiger partial charge < -0.3 is 15.2 Å². The molecule has 1 heterocycles. The average Bonchev–Trinajstić information content (AvgIpc) is 2.78. The molecule has 1 aromatic rings. The number of ether oxygens (including phenoxy) is 1. The minimum atomic E-state index is -0.551. The van der Waals surface area contributed by atoms with Crippen molar-refractivity contribution in [2.24, 2.45) is 12.5 Å². The number of hydrogen-bond donors (Lipinski definition) is 2. The Hall–Kier alpha value is -1.70. The highest BCUT2D eigenvalue weighted by atomic mass is 16.6. The molecule has 21 heavy (non-hydrogen) atoms. The van der Waals surface area contributed by atoms with Crippen LogP contribution >= 0.6 is 0 Å². The molecule has 0 aromatic carbocycles. The van der Waals surface area contributed by atoms with Gasteiger partial charge in [0.15, 0.2) is 5.82 Å². The minimum Gasteiger partial charge on any atom is -0.444 e. The normalized spacial score (nSPS) is 14.6. The van der Waals surface area contributed by atoms with Crippen LogP contribution in [0.2, 0.25) is 0 Å². The zero-order valence-corrected chi connectivity index (χ0v) is 13.4. The lowest BCUT2D eigenvalue weighted by Crippen LogP contribution is -2.43. The van der Waals surface area contributed by atoms with Crippen molar-refractivity contribution in [3.63, 3.8) is 0 Å². The van der Waals surface area contributed by atoms with Crippen molar-refractivity contribution in [2.45, 2.75) is 46.1 Å². The van der Waals surface area contributed by atoms with Gasteiger partial charge in [-0.3, -0.25) is 0 Å². The Morgan fingerprint density at radius 2 is 2.10 bits per heavy atom. The van der Waals surface area contributed by atoms with Crippen molar-refractivity contribution < 1.29 is 14.6 Å². The van der Waals surface area contributed by atoms with Crippen LogP contribution in [0.5, 0.6) is 0 Å². The van der Waals surface area contributed by atoms with Gasteiger partial charge in [-0.05, 0) is 32.4 Å². The molecule has 0 aliphatic carbocycles. The van der Waals surface area contributed by atoms with E-state index in [1.807, 2.05) is 6.92 Å². The van der Waals surface area contributed by atoms with Crippen molar-refractivity contribution in [3.8, 4) is 0 Å². The van der Waals surface area contributed by atoms with E-state index in [-0.39, 0.29) is 13.2 Å². The number of nitrogens with one attached hydrogen (secondary N) is 1.